The summed E-state index contributed by atoms with van der Waals surface area (Å²) in [6, 6.07) is 7.82. The highest BCUT2D eigenvalue weighted by atomic mass is 16.5. The Hall–Kier alpha value is -2.70. The second kappa shape index (κ2) is 6.65. The van der Waals surface area contributed by atoms with Crippen LogP contribution < -0.4 is 5.32 Å². The van der Waals surface area contributed by atoms with Gasteiger partial charge in [0.15, 0.2) is 5.78 Å². The largest absolute Gasteiger partial charge is 0.481 e. The SMILES string of the molecule is COC(=O)[C@](CC(=O)O)(NC(=O)c1ccccc1)C(C)=O. The van der Waals surface area contributed by atoms with Gasteiger partial charge in [-0.25, -0.2) is 4.79 Å². The van der Waals surface area contributed by atoms with Gasteiger partial charge >= 0.3 is 11.9 Å². The summed E-state index contributed by atoms with van der Waals surface area (Å²) in [6.07, 6.45) is -0.895. The Morgan fingerprint density at radius 1 is 1.19 bits per heavy atom. The summed E-state index contributed by atoms with van der Waals surface area (Å²) in [5.41, 5.74) is -2.05. The number of hydrogen-bond donors (Lipinski definition) is 2. The zero-order valence-electron chi connectivity index (χ0n) is 11.6. The van der Waals surface area contributed by atoms with E-state index in [0.29, 0.717) is 0 Å². The summed E-state index contributed by atoms with van der Waals surface area (Å²) in [5, 5.41) is 11.1. The standard InChI is InChI=1S/C14H15NO6/c1-9(16)14(8-11(17)18,13(20)21-2)15-12(19)10-6-4-3-5-7-10/h3-7H,8H2,1-2H3,(H,15,19)(H,17,18)/t14-/m1/s1. The van der Waals surface area contributed by atoms with Crippen LogP contribution in [0.5, 0.6) is 0 Å². The van der Waals surface area contributed by atoms with E-state index in [4.69, 9.17) is 5.11 Å². The Labute approximate surface area is 120 Å². The molecule has 7 nitrogen and oxygen atoms in total. The smallest absolute Gasteiger partial charge is 0.340 e. The lowest BCUT2D eigenvalue weighted by molar-refractivity contribution is -0.157. The van der Waals surface area contributed by atoms with Crippen molar-refractivity contribution in [1.29, 1.82) is 0 Å². The van der Waals surface area contributed by atoms with Gasteiger partial charge in [-0.2, -0.15) is 0 Å². The summed E-state index contributed by atoms with van der Waals surface area (Å²) in [6.45, 7) is 1.02. The Morgan fingerprint density at radius 2 is 1.76 bits per heavy atom. The number of ether oxygens (including phenoxy) is 1. The molecule has 0 saturated carbocycles. The predicted molar refractivity (Wildman–Crippen MR) is 71.6 cm³/mol. The Kier molecular flexibility index (Phi) is 5.18. The molecule has 0 aliphatic carbocycles. The zero-order valence-corrected chi connectivity index (χ0v) is 11.6. The molecule has 0 heterocycles. The van der Waals surface area contributed by atoms with Crippen LogP contribution >= 0.6 is 0 Å². The minimum Gasteiger partial charge on any atom is -0.481 e. The van der Waals surface area contributed by atoms with Gasteiger partial charge < -0.3 is 15.2 Å². The summed E-state index contributed by atoms with van der Waals surface area (Å²) >= 11 is 0. The number of nitrogens with one attached hydrogen (secondary N) is 1. The maximum Gasteiger partial charge on any atom is 0.340 e. The monoisotopic (exact) mass is 293 g/mol. The molecular weight excluding hydrogens is 278 g/mol. The minimum absolute atomic E-state index is 0.192. The molecule has 0 radical (unpaired) electrons. The van der Waals surface area contributed by atoms with Crippen molar-refractivity contribution >= 4 is 23.6 Å². The molecule has 112 valence electrons. The number of carboxylic acid groups (broad SMARTS) is 1. The van der Waals surface area contributed by atoms with E-state index in [2.05, 4.69) is 10.1 Å². The minimum atomic E-state index is -2.24. The molecule has 2 N–H and O–H groups in total. The molecule has 0 bridgehead atoms. The number of ketones is 1. The average Bonchev–Trinajstić information content (AvgIpc) is 2.45. The first kappa shape index (κ1) is 16.4. The quantitative estimate of drug-likeness (QED) is 0.580. The molecule has 7 heteroatoms. The van der Waals surface area contributed by atoms with E-state index < -0.39 is 35.6 Å². The molecule has 0 fully saturated rings. The number of amides is 1. The van der Waals surface area contributed by atoms with Gasteiger partial charge in [0.1, 0.15) is 0 Å². The van der Waals surface area contributed by atoms with Gasteiger partial charge in [-0.15, -0.1) is 0 Å². The van der Waals surface area contributed by atoms with Gasteiger partial charge in [0, 0.05) is 5.56 Å². The van der Waals surface area contributed by atoms with Gasteiger partial charge in [0.25, 0.3) is 5.91 Å². The molecule has 1 amide bonds. The molecule has 0 unspecified atom stereocenters. The number of aliphatic carboxylic acids is 1. The van der Waals surface area contributed by atoms with Crippen molar-refractivity contribution in [3.05, 3.63) is 35.9 Å². The van der Waals surface area contributed by atoms with Gasteiger partial charge in [0.05, 0.1) is 13.5 Å². The lowest BCUT2D eigenvalue weighted by Crippen LogP contribution is -2.61. The molecule has 0 aromatic heterocycles. The van der Waals surface area contributed by atoms with E-state index >= 15 is 0 Å². The number of esters is 1. The van der Waals surface area contributed by atoms with Gasteiger partial charge in [-0.3, -0.25) is 14.4 Å². The fourth-order valence-electron chi connectivity index (χ4n) is 1.78. The first-order valence-electron chi connectivity index (χ1n) is 6.02. The summed E-state index contributed by atoms with van der Waals surface area (Å²) in [4.78, 5) is 46.7. The third-order valence-corrected chi connectivity index (χ3v) is 2.91. The zero-order chi connectivity index (χ0) is 16.0. The highest BCUT2D eigenvalue weighted by Gasteiger charge is 2.48. The van der Waals surface area contributed by atoms with Crippen molar-refractivity contribution in [2.24, 2.45) is 0 Å². The lowest BCUT2D eigenvalue weighted by Gasteiger charge is -2.27. The van der Waals surface area contributed by atoms with Crippen LogP contribution in [0.1, 0.15) is 23.7 Å². The molecule has 1 rings (SSSR count). The van der Waals surface area contributed by atoms with Crippen molar-refractivity contribution in [2.45, 2.75) is 18.9 Å². The number of carboxylic acids is 1. The van der Waals surface area contributed by atoms with Crippen LogP contribution in [-0.4, -0.2) is 41.4 Å². The molecule has 0 aliphatic rings. The van der Waals surface area contributed by atoms with E-state index in [1.807, 2.05) is 0 Å². The van der Waals surface area contributed by atoms with E-state index in [9.17, 15) is 19.2 Å². The molecule has 0 saturated heterocycles. The topological polar surface area (TPSA) is 110 Å². The highest BCUT2D eigenvalue weighted by Crippen LogP contribution is 2.16. The average molecular weight is 293 g/mol. The van der Waals surface area contributed by atoms with E-state index in [1.54, 1.807) is 18.2 Å². The molecule has 0 spiro atoms. The molecule has 0 aliphatic heterocycles. The first-order chi connectivity index (χ1) is 9.83. The normalized spacial score (nSPS) is 12.9. The Balaban J connectivity index is 3.18. The van der Waals surface area contributed by atoms with Crippen LogP contribution in [-0.2, 0) is 19.1 Å². The maximum absolute atomic E-state index is 12.1. The van der Waals surface area contributed by atoms with Crippen LogP contribution in [0.2, 0.25) is 0 Å². The number of hydrogen-bond acceptors (Lipinski definition) is 5. The van der Waals surface area contributed by atoms with Crippen molar-refractivity contribution < 1.29 is 29.0 Å². The van der Waals surface area contributed by atoms with Crippen molar-refractivity contribution in [1.82, 2.24) is 5.32 Å². The fraction of sp³-hybridized carbons (Fsp3) is 0.286. The second-order valence-electron chi connectivity index (χ2n) is 4.34. The molecule has 21 heavy (non-hydrogen) atoms. The highest BCUT2D eigenvalue weighted by molar-refractivity contribution is 6.13. The van der Waals surface area contributed by atoms with Crippen molar-refractivity contribution in [3.63, 3.8) is 0 Å². The third-order valence-electron chi connectivity index (χ3n) is 2.91. The summed E-state index contributed by atoms with van der Waals surface area (Å²) in [7, 11) is 1.01. The number of methoxy groups -OCH3 is 1. The van der Waals surface area contributed by atoms with E-state index in [1.165, 1.54) is 12.1 Å². The number of benzene rings is 1. The number of rotatable bonds is 6. The maximum atomic E-state index is 12.1. The Morgan fingerprint density at radius 3 is 2.19 bits per heavy atom. The van der Waals surface area contributed by atoms with Gasteiger partial charge in [0.2, 0.25) is 5.54 Å². The fourth-order valence-corrected chi connectivity index (χ4v) is 1.78. The van der Waals surface area contributed by atoms with Crippen LogP contribution in [0.25, 0.3) is 0 Å². The predicted octanol–water partition coefficient (Wildman–Crippen LogP) is 0.392. The lowest BCUT2D eigenvalue weighted by atomic mass is 9.90. The van der Waals surface area contributed by atoms with Crippen LogP contribution in [0.3, 0.4) is 0 Å². The molecule has 1 atom stereocenters. The van der Waals surface area contributed by atoms with Crippen LogP contribution in [0.4, 0.5) is 0 Å². The van der Waals surface area contributed by atoms with E-state index in [-0.39, 0.29) is 5.56 Å². The number of carbonyl (C=O) groups excluding carboxylic acids is 3. The summed E-state index contributed by atoms with van der Waals surface area (Å²) < 4.78 is 4.48. The Bertz CT molecular complexity index is 568. The first-order valence-corrected chi connectivity index (χ1v) is 6.02. The molecule has 1 aromatic carbocycles. The molecule has 1 aromatic rings. The second-order valence-corrected chi connectivity index (χ2v) is 4.34. The van der Waals surface area contributed by atoms with Crippen LogP contribution in [0, 0.1) is 0 Å². The summed E-state index contributed by atoms with van der Waals surface area (Å²) in [5.74, 6) is -4.09. The third kappa shape index (κ3) is 3.65. The number of carbonyl (C=O) groups is 4. The number of Topliss-reactive ketones (excluding diaryl/α,β-unsaturated/α-hetero) is 1. The van der Waals surface area contributed by atoms with Crippen molar-refractivity contribution in [2.75, 3.05) is 7.11 Å². The van der Waals surface area contributed by atoms with Gasteiger partial charge in [-0.05, 0) is 19.1 Å². The van der Waals surface area contributed by atoms with Crippen molar-refractivity contribution in [3.8, 4) is 0 Å². The molecular formula is C14H15NO6. The van der Waals surface area contributed by atoms with Crippen LogP contribution in [0.15, 0.2) is 30.3 Å². The van der Waals surface area contributed by atoms with E-state index in [0.717, 1.165) is 14.0 Å². The van der Waals surface area contributed by atoms with Gasteiger partial charge in [-0.1, -0.05) is 18.2 Å².